The Hall–Kier alpha value is -1.60. The van der Waals surface area contributed by atoms with Gasteiger partial charge in [0.2, 0.25) is 0 Å². The molecule has 1 aromatic heterocycles. The van der Waals surface area contributed by atoms with E-state index in [4.69, 9.17) is 0 Å². The van der Waals surface area contributed by atoms with Gasteiger partial charge in [0.1, 0.15) is 0 Å². The third kappa shape index (κ3) is 2.71. The highest BCUT2D eigenvalue weighted by Gasteiger charge is 2.14. The topological polar surface area (TPSA) is 67.2 Å². The van der Waals surface area contributed by atoms with Gasteiger partial charge in [-0.05, 0) is 32.0 Å². The number of nitrogens with zero attached hydrogens (tertiary/aromatic N) is 3. The number of benzene rings is 1. The molecule has 0 saturated carbocycles. The molecule has 1 heterocycles. The van der Waals surface area contributed by atoms with E-state index < -0.39 is 10.2 Å². The molecule has 0 bridgehead atoms. The fraction of sp³-hybridized carbons (Fsp3) is 0.417. The summed E-state index contributed by atoms with van der Waals surface area (Å²) >= 11 is 0. The summed E-state index contributed by atoms with van der Waals surface area (Å²) in [4.78, 5) is 4.29. The van der Waals surface area contributed by atoms with E-state index in [1.165, 1.54) is 14.1 Å². The molecule has 0 amide bonds. The van der Waals surface area contributed by atoms with Crippen molar-refractivity contribution < 1.29 is 8.42 Å². The molecule has 7 heteroatoms. The second-order valence-electron chi connectivity index (χ2n) is 4.84. The summed E-state index contributed by atoms with van der Waals surface area (Å²) in [5.74, 6) is 0. The molecule has 1 aromatic carbocycles. The predicted octanol–water partition coefficient (Wildman–Crippen LogP) is 1.84. The second kappa shape index (κ2) is 4.82. The summed E-state index contributed by atoms with van der Waals surface area (Å²) in [6.45, 7) is 4.15. The van der Waals surface area contributed by atoms with Crippen molar-refractivity contribution in [3.63, 3.8) is 0 Å². The zero-order valence-electron chi connectivity index (χ0n) is 11.5. The molecule has 0 fully saturated rings. The van der Waals surface area contributed by atoms with Gasteiger partial charge in [0.15, 0.2) is 0 Å². The molecule has 104 valence electrons. The van der Waals surface area contributed by atoms with Gasteiger partial charge in [-0.3, -0.25) is 4.72 Å². The Morgan fingerprint density at radius 1 is 1.32 bits per heavy atom. The highest BCUT2D eigenvalue weighted by atomic mass is 32.2. The Bertz CT molecular complexity index is 689. The fourth-order valence-electron chi connectivity index (χ4n) is 1.75. The first-order valence-corrected chi connectivity index (χ1v) is 7.42. The SMILES string of the molecule is CC(C)n1cnc2cc(NS(=O)(=O)N(C)C)ccc21. The molecule has 0 aliphatic carbocycles. The summed E-state index contributed by atoms with van der Waals surface area (Å²) in [6, 6.07) is 5.66. The van der Waals surface area contributed by atoms with E-state index in [0.717, 1.165) is 15.3 Å². The first-order valence-electron chi connectivity index (χ1n) is 5.98. The Morgan fingerprint density at radius 2 is 2.00 bits per heavy atom. The van der Waals surface area contributed by atoms with E-state index >= 15 is 0 Å². The monoisotopic (exact) mass is 282 g/mol. The molecule has 0 aliphatic heterocycles. The number of nitrogens with one attached hydrogen (secondary N) is 1. The summed E-state index contributed by atoms with van der Waals surface area (Å²) in [5.41, 5.74) is 2.27. The minimum absolute atomic E-state index is 0.314. The predicted molar refractivity (Wildman–Crippen MR) is 76.3 cm³/mol. The van der Waals surface area contributed by atoms with Crippen molar-refractivity contribution in [2.45, 2.75) is 19.9 Å². The first kappa shape index (κ1) is 13.8. The average Bonchev–Trinajstić information content (AvgIpc) is 2.71. The number of anilines is 1. The molecule has 1 N–H and O–H groups in total. The molecule has 0 unspecified atom stereocenters. The lowest BCUT2D eigenvalue weighted by Gasteiger charge is -2.13. The molecule has 19 heavy (non-hydrogen) atoms. The van der Waals surface area contributed by atoms with Crippen molar-refractivity contribution in [3.8, 4) is 0 Å². The van der Waals surface area contributed by atoms with Gasteiger partial charge in [0.05, 0.1) is 23.0 Å². The minimum atomic E-state index is -3.48. The maximum absolute atomic E-state index is 11.7. The van der Waals surface area contributed by atoms with E-state index in [0.29, 0.717) is 11.7 Å². The quantitative estimate of drug-likeness (QED) is 0.930. The van der Waals surface area contributed by atoms with Crippen LogP contribution < -0.4 is 4.72 Å². The van der Waals surface area contributed by atoms with Crippen LogP contribution in [-0.4, -0.2) is 36.4 Å². The molecular formula is C12H18N4O2S. The van der Waals surface area contributed by atoms with Crippen LogP contribution in [0.1, 0.15) is 19.9 Å². The van der Waals surface area contributed by atoms with E-state index in [1.54, 1.807) is 18.5 Å². The van der Waals surface area contributed by atoms with Gasteiger partial charge in [-0.1, -0.05) is 0 Å². The van der Waals surface area contributed by atoms with Gasteiger partial charge >= 0.3 is 10.2 Å². The maximum Gasteiger partial charge on any atom is 0.301 e. The Labute approximate surface area is 113 Å². The molecule has 0 radical (unpaired) electrons. The highest BCUT2D eigenvalue weighted by Crippen LogP contribution is 2.21. The molecule has 2 rings (SSSR count). The van der Waals surface area contributed by atoms with Crippen LogP contribution in [0.3, 0.4) is 0 Å². The van der Waals surface area contributed by atoms with E-state index in [-0.39, 0.29) is 0 Å². The van der Waals surface area contributed by atoms with Crippen molar-refractivity contribution in [3.05, 3.63) is 24.5 Å². The van der Waals surface area contributed by atoms with Crippen molar-refractivity contribution in [1.82, 2.24) is 13.9 Å². The number of rotatable bonds is 4. The van der Waals surface area contributed by atoms with Gasteiger partial charge < -0.3 is 4.57 Å². The third-order valence-corrected chi connectivity index (χ3v) is 4.31. The molecule has 0 saturated heterocycles. The lowest BCUT2D eigenvalue weighted by atomic mass is 10.2. The minimum Gasteiger partial charge on any atom is -0.328 e. The fourth-order valence-corrected chi connectivity index (χ4v) is 2.35. The van der Waals surface area contributed by atoms with Crippen LogP contribution in [0.15, 0.2) is 24.5 Å². The molecule has 0 aliphatic rings. The number of imidazole rings is 1. The molecule has 0 atom stereocenters. The van der Waals surface area contributed by atoms with Crippen LogP contribution in [0.2, 0.25) is 0 Å². The van der Waals surface area contributed by atoms with Crippen LogP contribution in [0.4, 0.5) is 5.69 Å². The van der Waals surface area contributed by atoms with Crippen LogP contribution in [0.25, 0.3) is 11.0 Å². The van der Waals surface area contributed by atoms with Crippen LogP contribution >= 0.6 is 0 Å². The number of hydrogen-bond donors (Lipinski definition) is 1. The molecule has 0 spiro atoms. The van der Waals surface area contributed by atoms with Crippen molar-refractivity contribution in [2.75, 3.05) is 18.8 Å². The Morgan fingerprint density at radius 3 is 2.58 bits per heavy atom. The van der Waals surface area contributed by atoms with Crippen molar-refractivity contribution in [1.29, 1.82) is 0 Å². The van der Waals surface area contributed by atoms with Gasteiger partial charge in [-0.2, -0.15) is 12.7 Å². The van der Waals surface area contributed by atoms with Gasteiger partial charge in [0, 0.05) is 20.1 Å². The van der Waals surface area contributed by atoms with E-state index in [9.17, 15) is 8.42 Å². The zero-order chi connectivity index (χ0) is 14.2. The van der Waals surface area contributed by atoms with Gasteiger partial charge in [0.25, 0.3) is 0 Å². The van der Waals surface area contributed by atoms with Crippen LogP contribution in [0.5, 0.6) is 0 Å². The lowest BCUT2D eigenvalue weighted by molar-refractivity contribution is 0.527. The third-order valence-electron chi connectivity index (χ3n) is 2.86. The molecule has 2 aromatic rings. The summed E-state index contributed by atoms with van der Waals surface area (Å²) in [7, 11) is -0.520. The summed E-state index contributed by atoms with van der Waals surface area (Å²) < 4.78 is 29.1. The Balaban J connectivity index is 2.39. The second-order valence-corrected chi connectivity index (χ2v) is 6.72. The maximum atomic E-state index is 11.7. The van der Waals surface area contributed by atoms with Gasteiger partial charge in [-0.25, -0.2) is 4.98 Å². The van der Waals surface area contributed by atoms with Crippen molar-refractivity contribution >= 4 is 26.9 Å². The van der Waals surface area contributed by atoms with E-state index in [2.05, 4.69) is 23.6 Å². The molecule has 6 nitrogen and oxygen atoms in total. The lowest BCUT2D eigenvalue weighted by Crippen LogP contribution is -2.28. The Kier molecular flexibility index (Phi) is 3.51. The summed E-state index contributed by atoms with van der Waals surface area (Å²) in [6.07, 6.45) is 1.76. The first-order chi connectivity index (χ1) is 8.81. The van der Waals surface area contributed by atoms with Crippen molar-refractivity contribution in [2.24, 2.45) is 0 Å². The van der Waals surface area contributed by atoms with Crippen LogP contribution in [0, 0.1) is 0 Å². The number of hydrogen-bond acceptors (Lipinski definition) is 3. The van der Waals surface area contributed by atoms with Crippen LogP contribution in [-0.2, 0) is 10.2 Å². The standard InChI is InChI=1S/C12H18N4O2S/c1-9(2)16-8-13-11-7-10(5-6-12(11)16)14-19(17,18)15(3)4/h5-9,14H,1-4H3. The average molecular weight is 282 g/mol. The number of fused-ring (bicyclic) bond motifs is 1. The highest BCUT2D eigenvalue weighted by molar-refractivity contribution is 7.90. The normalized spacial score (nSPS) is 12.5. The summed E-state index contributed by atoms with van der Waals surface area (Å²) in [5, 5.41) is 0. The zero-order valence-corrected chi connectivity index (χ0v) is 12.3. The van der Waals surface area contributed by atoms with E-state index in [1.807, 2.05) is 10.6 Å². The number of aromatic nitrogens is 2. The molecular weight excluding hydrogens is 264 g/mol. The smallest absolute Gasteiger partial charge is 0.301 e. The van der Waals surface area contributed by atoms with Gasteiger partial charge in [-0.15, -0.1) is 0 Å². The largest absolute Gasteiger partial charge is 0.328 e.